The van der Waals surface area contributed by atoms with Crippen LogP contribution in [-0.2, 0) is 14.8 Å². The lowest BCUT2D eigenvalue weighted by atomic mass is 10.0. The third-order valence-corrected chi connectivity index (χ3v) is 7.69. The van der Waals surface area contributed by atoms with Crippen LogP contribution < -0.4 is 5.32 Å². The fourth-order valence-electron chi connectivity index (χ4n) is 3.52. The van der Waals surface area contributed by atoms with Gasteiger partial charge in [-0.2, -0.15) is 4.31 Å². The Bertz CT molecular complexity index is 1040. The minimum Gasteiger partial charge on any atom is -0.354 e. The van der Waals surface area contributed by atoms with Gasteiger partial charge in [0, 0.05) is 19.0 Å². The summed E-state index contributed by atoms with van der Waals surface area (Å²) in [6, 6.07) is 6.80. The first-order valence-electron chi connectivity index (χ1n) is 10.4. The number of hydrogen-bond donors (Lipinski definition) is 1. The molecule has 1 aliphatic heterocycles. The summed E-state index contributed by atoms with van der Waals surface area (Å²) in [7, 11) is -3.46. The standard InChI is InChI=1S/C22H27N3O4S/c1-15-11-13-25(14-12-15)30(27,28)19-8-3-17(4-9-19)5-10-20-21(16(2)24-29-20)23-22(26)18-6-7-18/h3-5,8-10,15,18H,6-7,11-14H2,1-2H3,(H,23,26)/b10-5-. The number of anilines is 1. The Morgan fingerprint density at radius 2 is 1.80 bits per heavy atom. The summed E-state index contributed by atoms with van der Waals surface area (Å²) < 4.78 is 32.6. The summed E-state index contributed by atoms with van der Waals surface area (Å²) in [5.74, 6) is 1.13. The molecule has 1 saturated carbocycles. The number of sulfonamides is 1. The van der Waals surface area contributed by atoms with Gasteiger partial charge in [0.1, 0.15) is 11.4 Å². The van der Waals surface area contributed by atoms with Crippen molar-refractivity contribution in [3.63, 3.8) is 0 Å². The molecular formula is C22H27N3O4S. The molecule has 1 aromatic carbocycles. The fourth-order valence-corrected chi connectivity index (χ4v) is 4.99. The van der Waals surface area contributed by atoms with Gasteiger partial charge in [-0.1, -0.05) is 30.3 Å². The van der Waals surface area contributed by atoms with Crippen LogP contribution in [0, 0.1) is 18.8 Å². The van der Waals surface area contributed by atoms with Crippen molar-refractivity contribution in [1.82, 2.24) is 9.46 Å². The maximum absolute atomic E-state index is 12.8. The zero-order valence-corrected chi connectivity index (χ0v) is 18.1. The molecule has 1 aromatic heterocycles. The van der Waals surface area contributed by atoms with E-state index in [0.717, 1.165) is 31.2 Å². The first-order chi connectivity index (χ1) is 14.3. The molecule has 160 valence electrons. The van der Waals surface area contributed by atoms with Crippen LogP contribution in [0.15, 0.2) is 33.7 Å². The number of benzene rings is 1. The van der Waals surface area contributed by atoms with Gasteiger partial charge >= 0.3 is 0 Å². The molecule has 0 radical (unpaired) electrons. The first kappa shape index (κ1) is 20.8. The lowest BCUT2D eigenvalue weighted by Crippen LogP contribution is -2.37. The lowest BCUT2D eigenvalue weighted by Gasteiger charge is -2.29. The third-order valence-electron chi connectivity index (χ3n) is 5.77. The monoisotopic (exact) mass is 429 g/mol. The van der Waals surface area contributed by atoms with E-state index in [-0.39, 0.29) is 11.8 Å². The highest BCUT2D eigenvalue weighted by molar-refractivity contribution is 7.89. The molecule has 0 spiro atoms. The molecule has 2 fully saturated rings. The summed E-state index contributed by atoms with van der Waals surface area (Å²) in [4.78, 5) is 12.4. The number of rotatable bonds is 6. The summed E-state index contributed by atoms with van der Waals surface area (Å²) in [6.07, 6.45) is 7.19. The highest BCUT2D eigenvalue weighted by atomic mass is 32.2. The third kappa shape index (κ3) is 4.49. The Kier molecular flexibility index (Phi) is 5.79. The lowest BCUT2D eigenvalue weighted by molar-refractivity contribution is -0.117. The predicted octanol–water partition coefficient (Wildman–Crippen LogP) is 3.92. The minimum absolute atomic E-state index is 0.00221. The van der Waals surface area contributed by atoms with Gasteiger partial charge in [0.25, 0.3) is 0 Å². The van der Waals surface area contributed by atoms with E-state index >= 15 is 0 Å². The molecule has 0 atom stereocenters. The average molecular weight is 430 g/mol. The number of carbonyl (C=O) groups excluding carboxylic acids is 1. The number of hydrogen-bond acceptors (Lipinski definition) is 5. The van der Waals surface area contributed by atoms with Crippen molar-refractivity contribution < 1.29 is 17.7 Å². The zero-order valence-electron chi connectivity index (χ0n) is 17.3. The quantitative estimate of drug-likeness (QED) is 0.751. The molecule has 8 heteroatoms. The molecule has 1 saturated heterocycles. The molecule has 7 nitrogen and oxygen atoms in total. The van der Waals surface area contributed by atoms with Crippen molar-refractivity contribution in [1.29, 1.82) is 0 Å². The van der Waals surface area contributed by atoms with Crippen molar-refractivity contribution in [2.24, 2.45) is 11.8 Å². The number of piperidine rings is 1. The van der Waals surface area contributed by atoms with E-state index in [4.69, 9.17) is 4.52 Å². The van der Waals surface area contributed by atoms with Crippen LogP contribution in [0.25, 0.3) is 12.2 Å². The second-order valence-corrected chi connectivity index (χ2v) is 10.2. The second-order valence-electron chi connectivity index (χ2n) is 8.26. The normalized spacial score (nSPS) is 18.7. The second kappa shape index (κ2) is 8.35. The minimum atomic E-state index is -3.46. The zero-order chi connectivity index (χ0) is 21.3. The van der Waals surface area contributed by atoms with E-state index < -0.39 is 10.0 Å². The average Bonchev–Trinajstić information content (AvgIpc) is 3.53. The Morgan fingerprint density at radius 3 is 2.43 bits per heavy atom. The summed E-state index contributed by atoms with van der Waals surface area (Å²) in [5, 5.41) is 6.83. The highest BCUT2D eigenvalue weighted by Crippen LogP contribution is 2.32. The number of nitrogens with zero attached hydrogens (tertiary/aromatic N) is 2. The van der Waals surface area contributed by atoms with Crippen LogP contribution in [0.5, 0.6) is 0 Å². The Labute approximate surface area is 177 Å². The predicted molar refractivity (Wildman–Crippen MR) is 115 cm³/mol. The molecule has 1 aliphatic carbocycles. The van der Waals surface area contributed by atoms with Crippen LogP contribution in [0.2, 0.25) is 0 Å². The molecule has 0 unspecified atom stereocenters. The molecule has 2 aliphatic rings. The van der Waals surface area contributed by atoms with E-state index in [1.807, 2.05) is 6.08 Å². The van der Waals surface area contributed by atoms with Crippen molar-refractivity contribution in [2.75, 3.05) is 18.4 Å². The van der Waals surface area contributed by atoms with Crippen LogP contribution in [-0.4, -0.2) is 36.9 Å². The van der Waals surface area contributed by atoms with Crippen molar-refractivity contribution in [2.45, 2.75) is 44.4 Å². The SMILES string of the molecule is Cc1noc(/C=C\c2ccc(S(=O)(=O)N3CCC(C)CC3)cc2)c1NC(=O)C1CC1. The van der Waals surface area contributed by atoms with Crippen molar-refractivity contribution in [3.05, 3.63) is 41.3 Å². The molecule has 2 heterocycles. The highest BCUT2D eigenvalue weighted by Gasteiger charge is 2.31. The number of amides is 1. The van der Waals surface area contributed by atoms with Crippen LogP contribution in [0.4, 0.5) is 5.69 Å². The van der Waals surface area contributed by atoms with E-state index in [1.54, 1.807) is 41.6 Å². The number of nitrogens with one attached hydrogen (secondary N) is 1. The molecule has 1 amide bonds. The Balaban J connectivity index is 1.46. The van der Waals surface area contributed by atoms with Gasteiger partial charge in [0.2, 0.25) is 15.9 Å². The molecule has 2 aromatic rings. The maximum atomic E-state index is 12.8. The smallest absolute Gasteiger partial charge is 0.243 e. The maximum Gasteiger partial charge on any atom is 0.243 e. The first-order valence-corrected chi connectivity index (χ1v) is 11.8. The number of aryl methyl sites for hydroxylation is 1. The van der Waals surface area contributed by atoms with E-state index in [9.17, 15) is 13.2 Å². The Hall–Kier alpha value is -2.45. The topological polar surface area (TPSA) is 92.5 Å². The van der Waals surface area contributed by atoms with Crippen molar-refractivity contribution >= 4 is 33.8 Å². The van der Waals surface area contributed by atoms with Crippen LogP contribution >= 0.6 is 0 Å². The van der Waals surface area contributed by atoms with Gasteiger partial charge in [-0.25, -0.2) is 8.42 Å². The van der Waals surface area contributed by atoms with E-state index in [1.165, 1.54) is 0 Å². The van der Waals surface area contributed by atoms with Gasteiger partial charge in [-0.05, 0) is 62.3 Å². The summed E-state index contributed by atoms with van der Waals surface area (Å²) in [6.45, 7) is 5.09. The molecule has 4 rings (SSSR count). The number of carbonyl (C=O) groups is 1. The van der Waals surface area contributed by atoms with Gasteiger partial charge in [-0.15, -0.1) is 0 Å². The van der Waals surface area contributed by atoms with Crippen LogP contribution in [0.1, 0.15) is 49.6 Å². The van der Waals surface area contributed by atoms with Gasteiger partial charge in [0.05, 0.1) is 4.90 Å². The Morgan fingerprint density at radius 1 is 1.13 bits per heavy atom. The van der Waals surface area contributed by atoms with Gasteiger partial charge < -0.3 is 9.84 Å². The van der Waals surface area contributed by atoms with Gasteiger partial charge in [0.15, 0.2) is 5.76 Å². The van der Waals surface area contributed by atoms with Crippen LogP contribution in [0.3, 0.4) is 0 Å². The van der Waals surface area contributed by atoms with E-state index in [2.05, 4.69) is 17.4 Å². The molecular weight excluding hydrogens is 402 g/mol. The largest absolute Gasteiger partial charge is 0.354 e. The molecule has 1 N–H and O–H groups in total. The molecule has 30 heavy (non-hydrogen) atoms. The number of aromatic nitrogens is 1. The van der Waals surface area contributed by atoms with Gasteiger partial charge in [-0.3, -0.25) is 4.79 Å². The fraction of sp³-hybridized carbons (Fsp3) is 0.455. The molecule has 0 bridgehead atoms. The van der Waals surface area contributed by atoms with Crippen molar-refractivity contribution in [3.8, 4) is 0 Å². The van der Waals surface area contributed by atoms with E-state index in [0.29, 0.717) is 41.0 Å². The summed E-state index contributed by atoms with van der Waals surface area (Å²) in [5.41, 5.74) is 2.04. The summed E-state index contributed by atoms with van der Waals surface area (Å²) >= 11 is 0.